The summed E-state index contributed by atoms with van der Waals surface area (Å²) in [5.74, 6) is 0.769. The first-order chi connectivity index (χ1) is 12.1. The molecule has 3 aliphatic rings. The molecule has 3 fully saturated rings. The lowest BCUT2D eigenvalue weighted by Gasteiger charge is -2.47. The number of piperidine rings is 1. The van der Waals surface area contributed by atoms with Crippen LogP contribution in [0.1, 0.15) is 60.7 Å². The number of rotatable bonds is 3. The summed E-state index contributed by atoms with van der Waals surface area (Å²) in [5.41, 5.74) is 0.192. The van der Waals surface area contributed by atoms with Gasteiger partial charge in [-0.2, -0.15) is 5.26 Å². The van der Waals surface area contributed by atoms with Crippen molar-refractivity contribution in [2.45, 2.75) is 57.0 Å². The number of nitrogens with zero attached hydrogens (tertiary/aromatic N) is 2. The summed E-state index contributed by atoms with van der Waals surface area (Å²) in [5, 5.41) is 14.4. The molecule has 0 radical (unpaired) electrons. The van der Waals surface area contributed by atoms with Gasteiger partial charge in [-0.1, -0.05) is 6.92 Å². The number of thiophene rings is 1. The third-order valence-corrected chi connectivity index (χ3v) is 7.10. The predicted molar refractivity (Wildman–Crippen MR) is 95.1 cm³/mol. The zero-order valence-corrected chi connectivity index (χ0v) is 15.3. The maximum Gasteiger partial charge on any atom is 0.265 e. The van der Waals surface area contributed by atoms with Gasteiger partial charge in [0, 0.05) is 12.5 Å². The predicted octanol–water partition coefficient (Wildman–Crippen LogP) is 2.92. The third-order valence-electron chi connectivity index (χ3n) is 6.20. The Hall–Kier alpha value is -1.87. The first-order valence-electron chi connectivity index (χ1n) is 9.16. The third kappa shape index (κ3) is 2.75. The number of nitriles is 1. The molecule has 1 N–H and O–H groups in total. The van der Waals surface area contributed by atoms with Gasteiger partial charge in [-0.25, -0.2) is 0 Å². The fraction of sp³-hybridized carbons (Fsp3) is 0.632. The van der Waals surface area contributed by atoms with Crippen LogP contribution < -0.4 is 5.32 Å². The lowest BCUT2D eigenvalue weighted by atomic mass is 9.82. The molecule has 1 saturated heterocycles. The number of hydrogen-bond acceptors (Lipinski definition) is 4. The van der Waals surface area contributed by atoms with Crippen LogP contribution >= 0.6 is 11.3 Å². The number of amides is 2. The number of nitrogens with one attached hydrogen (secondary N) is 1. The lowest BCUT2D eigenvalue weighted by molar-refractivity contribution is -0.125. The summed E-state index contributed by atoms with van der Waals surface area (Å²) in [6.07, 6.45) is 5.74. The number of likely N-dealkylation sites (tertiary alicyclic amines) is 1. The Bertz CT molecular complexity index is 752. The van der Waals surface area contributed by atoms with Crippen LogP contribution in [0.25, 0.3) is 0 Å². The molecule has 0 spiro atoms. The minimum atomic E-state index is -0.266. The van der Waals surface area contributed by atoms with E-state index in [1.54, 1.807) is 11.4 Å². The molecule has 1 aromatic heterocycles. The minimum absolute atomic E-state index is 0.0448. The summed E-state index contributed by atoms with van der Waals surface area (Å²) in [7, 11) is 0. The van der Waals surface area contributed by atoms with Gasteiger partial charge in [-0.3, -0.25) is 9.59 Å². The minimum Gasteiger partial charge on any atom is -0.348 e. The Morgan fingerprint density at radius 2 is 2.16 bits per heavy atom. The Morgan fingerprint density at radius 1 is 1.40 bits per heavy atom. The van der Waals surface area contributed by atoms with Crippen molar-refractivity contribution in [2.24, 2.45) is 11.8 Å². The Kier molecular flexibility index (Phi) is 4.07. The molecular formula is C19H23N3O2S. The van der Waals surface area contributed by atoms with Crippen LogP contribution in [-0.4, -0.2) is 34.8 Å². The van der Waals surface area contributed by atoms with Gasteiger partial charge in [0.25, 0.3) is 5.91 Å². The molecule has 25 heavy (non-hydrogen) atoms. The first kappa shape index (κ1) is 16.6. The van der Waals surface area contributed by atoms with E-state index in [4.69, 9.17) is 0 Å². The lowest BCUT2D eigenvalue weighted by Crippen LogP contribution is -2.63. The molecule has 2 saturated carbocycles. The van der Waals surface area contributed by atoms with Gasteiger partial charge in [0.15, 0.2) is 0 Å². The largest absolute Gasteiger partial charge is 0.348 e. The fourth-order valence-corrected chi connectivity index (χ4v) is 5.49. The number of hydrogen-bond donors (Lipinski definition) is 1. The van der Waals surface area contributed by atoms with Gasteiger partial charge in [0.05, 0.1) is 17.1 Å². The highest BCUT2D eigenvalue weighted by Crippen LogP contribution is 2.44. The van der Waals surface area contributed by atoms with E-state index >= 15 is 0 Å². The Morgan fingerprint density at radius 3 is 2.88 bits per heavy atom. The van der Waals surface area contributed by atoms with E-state index in [0.717, 1.165) is 38.5 Å². The molecule has 5 nitrogen and oxygen atoms in total. The average molecular weight is 357 g/mol. The average Bonchev–Trinajstić information content (AvgIpc) is 3.02. The van der Waals surface area contributed by atoms with Crippen molar-refractivity contribution in [1.29, 1.82) is 5.26 Å². The quantitative estimate of drug-likeness (QED) is 0.904. The number of carbonyl (C=O) groups excluding carboxylic acids is 2. The highest BCUT2D eigenvalue weighted by molar-refractivity contribution is 7.12. The molecule has 4 atom stereocenters. The van der Waals surface area contributed by atoms with Gasteiger partial charge in [-0.05, 0) is 55.9 Å². The van der Waals surface area contributed by atoms with Gasteiger partial charge in [0.2, 0.25) is 5.91 Å². The number of carbonyl (C=O) groups is 2. The van der Waals surface area contributed by atoms with E-state index in [9.17, 15) is 14.9 Å². The summed E-state index contributed by atoms with van der Waals surface area (Å²) < 4.78 is 0. The topological polar surface area (TPSA) is 73.2 Å². The molecule has 2 unspecified atom stereocenters. The maximum absolute atomic E-state index is 13.1. The van der Waals surface area contributed by atoms with Crippen LogP contribution in [0.5, 0.6) is 0 Å². The van der Waals surface area contributed by atoms with E-state index < -0.39 is 0 Å². The van der Waals surface area contributed by atoms with Gasteiger partial charge in [0.1, 0.15) is 10.9 Å². The zero-order valence-electron chi connectivity index (χ0n) is 14.5. The second-order valence-electron chi connectivity index (χ2n) is 7.75. The van der Waals surface area contributed by atoms with Crippen molar-refractivity contribution in [3.63, 3.8) is 0 Å². The molecule has 2 heterocycles. The maximum atomic E-state index is 13.1. The normalized spacial score (nSPS) is 33.4. The smallest absolute Gasteiger partial charge is 0.265 e. The van der Waals surface area contributed by atoms with E-state index in [-0.39, 0.29) is 29.3 Å². The highest BCUT2D eigenvalue weighted by Gasteiger charge is 2.52. The fourth-order valence-electron chi connectivity index (χ4n) is 4.69. The second kappa shape index (κ2) is 6.14. The van der Waals surface area contributed by atoms with Crippen LogP contribution in [0.3, 0.4) is 0 Å². The van der Waals surface area contributed by atoms with Crippen LogP contribution in [0.4, 0.5) is 0 Å². The van der Waals surface area contributed by atoms with Gasteiger partial charge >= 0.3 is 0 Å². The molecule has 1 aromatic rings. The molecule has 0 bridgehead atoms. The van der Waals surface area contributed by atoms with E-state index in [2.05, 4.69) is 18.3 Å². The second-order valence-corrected chi connectivity index (χ2v) is 8.67. The standard InChI is InChI=1S/C19H23N3O2S/c1-12-10-14(12)17(23)21-19-6-2-4-15(19)22(8-3-7-19)18(24)16-13(11-20)5-9-25-16/h5,9,12,14-15H,2-4,6-8,10H2,1H3,(H,21,23)/t12-,14-,15?,19?/m0/s1. The van der Waals surface area contributed by atoms with Crippen molar-refractivity contribution in [3.8, 4) is 6.07 Å². The van der Waals surface area contributed by atoms with Crippen molar-refractivity contribution >= 4 is 23.2 Å². The molecule has 2 amide bonds. The van der Waals surface area contributed by atoms with Crippen molar-refractivity contribution in [1.82, 2.24) is 10.2 Å². The van der Waals surface area contributed by atoms with E-state index in [1.807, 2.05) is 4.90 Å². The van der Waals surface area contributed by atoms with Gasteiger partial charge < -0.3 is 10.2 Å². The highest BCUT2D eigenvalue weighted by atomic mass is 32.1. The van der Waals surface area contributed by atoms with E-state index in [1.165, 1.54) is 11.3 Å². The molecular weight excluding hydrogens is 334 g/mol. The van der Waals surface area contributed by atoms with Crippen LogP contribution in [0.15, 0.2) is 11.4 Å². The first-order valence-corrected chi connectivity index (χ1v) is 10.0. The Balaban J connectivity index is 1.57. The van der Waals surface area contributed by atoms with Crippen LogP contribution in [-0.2, 0) is 4.79 Å². The molecule has 132 valence electrons. The SMILES string of the molecule is C[C@H]1C[C@@H]1C(=O)NC12CCCC1N(C(=O)c1sccc1C#N)CCC2. The molecule has 0 aromatic carbocycles. The van der Waals surface area contributed by atoms with Crippen molar-refractivity contribution in [2.75, 3.05) is 6.54 Å². The van der Waals surface area contributed by atoms with Gasteiger partial charge in [-0.15, -0.1) is 11.3 Å². The van der Waals surface area contributed by atoms with Crippen LogP contribution in [0.2, 0.25) is 0 Å². The molecule has 6 heteroatoms. The Labute approximate surface area is 152 Å². The molecule has 2 aliphatic carbocycles. The molecule has 4 rings (SSSR count). The van der Waals surface area contributed by atoms with E-state index in [0.29, 0.717) is 22.9 Å². The zero-order chi connectivity index (χ0) is 17.6. The summed E-state index contributed by atoms with van der Waals surface area (Å²) in [6, 6.07) is 3.88. The van der Waals surface area contributed by atoms with Crippen molar-refractivity contribution < 1.29 is 9.59 Å². The summed E-state index contributed by atoms with van der Waals surface area (Å²) >= 11 is 1.34. The van der Waals surface area contributed by atoms with Crippen LogP contribution in [0, 0.1) is 23.2 Å². The monoisotopic (exact) mass is 357 g/mol. The van der Waals surface area contributed by atoms with Crippen molar-refractivity contribution in [3.05, 3.63) is 21.9 Å². The number of fused-ring (bicyclic) bond motifs is 1. The summed E-state index contributed by atoms with van der Waals surface area (Å²) in [4.78, 5) is 28.1. The molecule has 1 aliphatic heterocycles. The summed E-state index contributed by atoms with van der Waals surface area (Å²) in [6.45, 7) is 2.83.